The molecule has 0 bridgehead atoms. The minimum atomic E-state index is -0.455. The number of benzene rings is 2. The molecule has 1 aromatic heterocycles. The van der Waals surface area contributed by atoms with Crippen LogP contribution < -0.4 is 20.6 Å². The Balaban J connectivity index is 1.70. The third kappa shape index (κ3) is 5.37. The molecule has 0 aliphatic rings. The predicted octanol–water partition coefficient (Wildman–Crippen LogP) is 2.30. The van der Waals surface area contributed by atoms with E-state index in [4.69, 9.17) is 38.4 Å². The number of para-hydroxylation sites is 1. The fraction of sp³-hybridized carbons (Fsp3) is 0.167. The summed E-state index contributed by atoms with van der Waals surface area (Å²) in [6.07, 6.45) is 1.43. The topological polar surface area (TPSA) is 130 Å². The maximum atomic E-state index is 12.0. The van der Waals surface area contributed by atoms with Gasteiger partial charge in [0, 0.05) is 21.2 Å². The summed E-state index contributed by atoms with van der Waals surface area (Å²) in [7, 11) is 1.52. The Bertz CT molecular complexity index is 1070. The Morgan fingerprint density at radius 2 is 2.17 bits per heavy atom. The number of ether oxygens (including phenoxy) is 2. The van der Waals surface area contributed by atoms with E-state index in [0.29, 0.717) is 27.1 Å². The van der Waals surface area contributed by atoms with Crippen LogP contribution in [-0.4, -0.2) is 39.4 Å². The summed E-state index contributed by atoms with van der Waals surface area (Å²) in [5.74, 6) is 0.507. The second-order valence-corrected chi connectivity index (χ2v) is 6.73. The van der Waals surface area contributed by atoms with Crippen LogP contribution in [0.3, 0.4) is 0 Å². The van der Waals surface area contributed by atoms with Crippen LogP contribution >= 0.6 is 23.2 Å². The Morgan fingerprint density at radius 1 is 1.33 bits per heavy atom. The number of aromatic nitrogens is 4. The van der Waals surface area contributed by atoms with E-state index in [1.807, 2.05) is 0 Å². The zero-order valence-electron chi connectivity index (χ0n) is 15.7. The van der Waals surface area contributed by atoms with Crippen LogP contribution in [0.5, 0.6) is 11.5 Å². The Kier molecular flexibility index (Phi) is 7.04. The van der Waals surface area contributed by atoms with E-state index in [0.717, 1.165) is 10.2 Å². The van der Waals surface area contributed by atoms with E-state index in [9.17, 15) is 4.79 Å². The van der Waals surface area contributed by atoms with Gasteiger partial charge in [0.15, 0.2) is 11.5 Å². The van der Waals surface area contributed by atoms with Gasteiger partial charge >= 0.3 is 0 Å². The van der Waals surface area contributed by atoms with Gasteiger partial charge in [0.25, 0.3) is 5.91 Å². The lowest BCUT2D eigenvalue weighted by Gasteiger charge is -2.14. The summed E-state index contributed by atoms with van der Waals surface area (Å²) in [4.78, 5) is 12.0. The Morgan fingerprint density at radius 3 is 2.87 bits per heavy atom. The number of nitrogens with zero attached hydrogens (tertiary/aromatic N) is 5. The van der Waals surface area contributed by atoms with Gasteiger partial charge in [-0.05, 0) is 34.7 Å². The van der Waals surface area contributed by atoms with E-state index in [-0.39, 0.29) is 19.1 Å². The van der Waals surface area contributed by atoms with E-state index in [1.54, 1.807) is 36.4 Å². The van der Waals surface area contributed by atoms with Crippen LogP contribution in [0.4, 0.5) is 5.95 Å². The van der Waals surface area contributed by atoms with Crippen molar-refractivity contribution in [3.63, 3.8) is 0 Å². The molecule has 2 aromatic carbocycles. The minimum Gasteiger partial charge on any atom is -0.493 e. The van der Waals surface area contributed by atoms with Crippen LogP contribution in [0.25, 0.3) is 0 Å². The third-order valence-electron chi connectivity index (χ3n) is 3.86. The molecule has 3 N–H and O–H groups in total. The van der Waals surface area contributed by atoms with E-state index in [2.05, 4.69) is 26.1 Å². The van der Waals surface area contributed by atoms with E-state index >= 15 is 0 Å². The lowest BCUT2D eigenvalue weighted by atomic mass is 10.2. The molecule has 1 heterocycles. The number of carbonyl (C=O) groups excluding carboxylic acids is 1. The molecule has 10 nitrogen and oxygen atoms in total. The number of hydrazone groups is 1. The first-order valence-corrected chi connectivity index (χ1v) is 9.30. The van der Waals surface area contributed by atoms with Crippen molar-refractivity contribution in [2.75, 3.05) is 12.8 Å². The van der Waals surface area contributed by atoms with Gasteiger partial charge in [0.05, 0.1) is 13.3 Å². The van der Waals surface area contributed by atoms with Gasteiger partial charge in [-0.3, -0.25) is 4.79 Å². The van der Waals surface area contributed by atoms with Crippen LogP contribution in [-0.2, 0) is 17.9 Å². The SMILES string of the molecule is COc1cccc(/C=N\NC(=O)Cn2nnnc2N)c1OCc1ccc(Cl)cc1Cl. The lowest BCUT2D eigenvalue weighted by Crippen LogP contribution is -2.24. The average molecular weight is 450 g/mol. The van der Waals surface area contributed by atoms with Gasteiger partial charge in [-0.25, -0.2) is 10.1 Å². The molecule has 0 aliphatic heterocycles. The molecule has 0 spiro atoms. The molecule has 0 aliphatic carbocycles. The third-order valence-corrected chi connectivity index (χ3v) is 4.45. The zero-order valence-corrected chi connectivity index (χ0v) is 17.3. The molecule has 1 amide bonds. The van der Waals surface area contributed by atoms with Crippen molar-refractivity contribution in [1.82, 2.24) is 25.6 Å². The van der Waals surface area contributed by atoms with E-state index < -0.39 is 5.91 Å². The van der Waals surface area contributed by atoms with Crippen molar-refractivity contribution in [2.45, 2.75) is 13.2 Å². The second-order valence-electron chi connectivity index (χ2n) is 5.89. The smallest absolute Gasteiger partial charge is 0.261 e. The Hall–Kier alpha value is -3.37. The number of nitrogen functional groups attached to an aromatic ring is 1. The van der Waals surface area contributed by atoms with Gasteiger partial charge in [0.1, 0.15) is 13.2 Å². The largest absolute Gasteiger partial charge is 0.493 e. The monoisotopic (exact) mass is 449 g/mol. The highest BCUT2D eigenvalue weighted by Crippen LogP contribution is 2.32. The number of amides is 1. The van der Waals surface area contributed by atoms with Crippen molar-refractivity contribution in [3.05, 3.63) is 57.6 Å². The van der Waals surface area contributed by atoms with Crippen LogP contribution in [0.15, 0.2) is 41.5 Å². The fourth-order valence-corrected chi connectivity index (χ4v) is 2.87. The second kappa shape index (κ2) is 9.90. The summed E-state index contributed by atoms with van der Waals surface area (Å²) in [6.45, 7) is 0.00879. The molecule has 0 unspecified atom stereocenters. The molecule has 3 rings (SSSR count). The average Bonchev–Trinajstić information content (AvgIpc) is 3.12. The number of rotatable bonds is 8. The molecular weight excluding hydrogens is 433 g/mol. The molecule has 30 heavy (non-hydrogen) atoms. The van der Waals surface area contributed by atoms with Gasteiger partial charge in [-0.1, -0.05) is 40.4 Å². The summed E-state index contributed by atoms with van der Waals surface area (Å²) in [6, 6.07) is 10.4. The highest BCUT2D eigenvalue weighted by atomic mass is 35.5. The van der Waals surface area contributed by atoms with Crippen LogP contribution in [0, 0.1) is 0 Å². The summed E-state index contributed by atoms with van der Waals surface area (Å²) >= 11 is 12.1. The molecule has 0 radical (unpaired) electrons. The van der Waals surface area contributed by atoms with Crippen LogP contribution in [0.1, 0.15) is 11.1 Å². The number of methoxy groups -OCH3 is 1. The number of anilines is 1. The first-order chi connectivity index (χ1) is 14.5. The predicted molar refractivity (Wildman–Crippen MR) is 112 cm³/mol. The highest BCUT2D eigenvalue weighted by Gasteiger charge is 2.12. The van der Waals surface area contributed by atoms with Crippen molar-refractivity contribution in [1.29, 1.82) is 0 Å². The van der Waals surface area contributed by atoms with Gasteiger partial charge in [0.2, 0.25) is 5.95 Å². The first kappa shape index (κ1) is 21.3. The lowest BCUT2D eigenvalue weighted by molar-refractivity contribution is -0.121. The highest BCUT2D eigenvalue weighted by molar-refractivity contribution is 6.35. The molecule has 3 aromatic rings. The van der Waals surface area contributed by atoms with Gasteiger partial charge in [-0.2, -0.15) is 5.10 Å². The molecule has 12 heteroatoms. The zero-order chi connectivity index (χ0) is 21.5. The van der Waals surface area contributed by atoms with Crippen molar-refractivity contribution in [3.8, 4) is 11.5 Å². The normalized spacial score (nSPS) is 10.9. The number of nitrogens with one attached hydrogen (secondary N) is 1. The number of halogens is 2. The summed E-state index contributed by atoms with van der Waals surface area (Å²) in [5.41, 5.74) is 9.24. The fourth-order valence-electron chi connectivity index (χ4n) is 2.41. The van der Waals surface area contributed by atoms with E-state index in [1.165, 1.54) is 13.3 Å². The van der Waals surface area contributed by atoms with Crippen molar-refractivity contribution < 1.29 is 14.3 Å². The number of tetrazole rings is 1. The molecular formula is C18H17Cl2N7O3. The minimum absolute atomic E-state index is 0.0264. The number of carbonyl (C=O) groups is 1. The number of hydrogen-bond donors (Lipinski definition) is 2. The maximum Gasteiger partial charge on any atom is 0.261 e. The quantitative estimate of drug-likeness (QED) is 0.398. The Labute approximate surface area is 181 Å². The molecule has 156 valence electrons. The maximum absolute atomic E-state index is 12.0. The van der Waals surface area contributed by atoms with Crippen molar-refractivity contribution >= 4 is 41.3 Å². The van der Waals surface area contributed by atoms with Gasteiger partial charge < -0.3 is 15.2 Å². The molecule has 0 fully saturated rings. The molecule has 0 saturated carbocycles. The van der Waals surface area contributed by atoms with Crippen LogP contribution in [0.2, 0.25) is 10.0 Å². The standard InChI is InChI=1S/C18H17Cl2N7O3/c1-29-15-4-2-3-11(8-22-23-16(28)9-27-18(21)24-25-26-27)17(15)30-10-12-5-6-13(19)7-14(12)20/h2-8H,9-10H2,1H3,(H,23,28)(H2,21,24,26)/b22-8-. The summed E-state index contributed by atoms with van der Waals surface area (Å²) in [5, 5.41) is 15.4. The number of hydrogen-bond acceptors (Lipinski definition) is 8. The number of nitrogens with two attached hydrogens (primary N) is 1. The van der Waals surface area contributed by atoms with Gasteiger partial charge in [-0.15, -0.1) is 0 Å². The summed E-state index contributed by atoms with van der Waals surface area (Å²) < 4.78 is 12.4. The first-order valence-electron chi connectivity index (χ1n) is 8.55. The molecule has 0 saturated heterocycles. The van der Waals surface area contributed by atoms with Crippen molar-refractivity contribution in [2.24, 2.45) is 5.10 Å². The molecule has 0 atom stereocenters.